The summed E-state index contributed by atoms with van der Waals surface area (Å²) in [6.07, 6.45) is 6.90. The van der Waals surface area contributed by atoms with Crippen molar-refractivity contribution in [1.82, 2.24) is 4.90 Å². The summed E-state index contributed by atoms with van der Waals surface area (Å²) in [6, 6.07) is 0. The average Bonchev–Trinajstić information content (AvgIpc) is 2.41. The van der Waals surface area contributed by atoms with Gasteiger partial charge in [-0.15, -0.1) is 0 Å². The van der Waals surface area contributed by atoms with Crippen LogP contribution in [0.25, 0.3) is 0 Å². The molecule has 0 aromatic carbocycles. The van der Waals surface area contributed by atoms with E-state index in [1.807, 2.05) is 0 Å². The number of aliphatic hydroxyl groups excluding tert-OH is 1. The van der Waals surface area contributed by atoms with Crippen LogP contribution >= 0.6 is 0 Å². The van der Waals surface area contributed by atoms with E-state index in [4.69, 9.17) is 4.74 Å². The number of aliphatic hydroxyl groups is 1. The van der Waals surface area contributed by atoms with Gasteiger partial charge in [0.15, 0.2) is 0 Å². The molecule has 0 bridgehead atoms. The Labute approximate surface area is 120 Å². The third kappa shape index (κ3) is 10.3. The van der Waals surface area contributed by atoms with Gasteiger partial charge >= 0.3 is 0 Å². The van der Waals surface area contributed by atoms with Crippen LogP contribution in [0.15, 0.2) is 0 Å². The molecule has 3 heteroatoms. The molecule has 19 heavy (non-hydrogen) atoms. The van der Waals surface area contributed by atoms with Crippen LogP contribution in [-0.2, 0) is 4.74 Å². The van der Waals surface area contributed by atoms with Gasteiger partial charge < -0.3 is 14.7 Å². The molecular formula is C16H35NO2. The number of nitrogens with zero attached hydrogens (tertiary/aromatic N) is 1. The number of hydrogen-bond donors (Lipinski definition) is 1. The van der Waals surface area contributed by atoms with E-state index in [0.29, 0.717) is 12.7 Å². The van der Waals surface area contributed by atoms with E-state index in [2.05, 4.69) is 32.6 Å². The molecule has 1 N–H and O–H groups in total. The summed E-state index contributed by atoms with van der Waals surface area (Å²) in [6.45, 7) is 12.0. The predicted octanol–water partition coefficient (Wildman–Crippen LogP) is 3.45. The quantitative estimate of drug-likeness (QED) is 0.558. The fraction of sp³-hybridized carbons (Fsp3) is 1.00. The van der Waals surface area contributed by atoms with Crippen molar-refractivity contribution in [2.45, 2.75) is 78.4 Å². The van der Waals surface area contributed by atoms with Crippen molar-refractivity contribution in [2.75, 3.05) is 26.2 Å². The lowest BCUT2D eigenvalue weighted by Crippen LogP contribution is -2.36. The maximum atomic E-state index is 10.1. The van der Waals surface area contributed by atoms with Crippen LogP contribution in [0.5, 0.6) is 0 Å². The number of rotatable bonds is 13. The van der Waals surface area contributed by atoms with E-state index in [0.717, 1.165) is 45.3 Å². The Morgan fingerprint density at radius 1 is 1.00 bits per heavy atom. The van der Waals surface area contributed by atoms with Gasteiger partial charge in [-0.25, -0.2) is 0 Å². The van der Waals surface area contributed by atoms with E-state index >= 15 is 0 Å². The molecule has 1 atom stereocenters. The van der Waals surface area contributed by atoms with Gasteiger partial charge in [-0.1, -0.05) is 47.0 Å². The molecule has 0 aliphatic heterocycles. The summed E-state index contributed by atoms with van der Waals surface area (Å²) >= 11 is 0. The Balaban J connectivity index is 3.89. The predicted molar refractivity (Wildman–Crippen MR) is 82.6 cm³/mol. The Morgan fingerprint density at radius 2 is 1.63 bits per heavy atom. The zero-order chi connectivity index (χ0) is 14.5. The highest BCUT2D eigenvalue weighted by molar-refractivity contribution is 4.65. The lowest BCUT2D eigenvalue weighted by atomic mass is 10.1. The number of unbranched alkanes of at least 4 members (excludes halogenated alkanes) is 1. The van der Waals surface area contributed by atoms with Crippen LogP contribution in [-0.4, -0.2) is 48.5 Å². The topological polar surface area (TPSA) is 32.7 Å². The minimum atomic E-state index is -0.354. The third-order valence-electron chi connectivity index (χ3n) is 3.49. The molecule has 0 radical (unpaired) electrons. The molecule has 1 unspecified atom stereocenters. The van der Waals surface area contributed by atoms with Gasteiger partial charge in [0.1, 0.15) is 0 Å². The van der Waals surface area contributed by atoms with Crippen molar-refractivity contribution >= 4 is 0 Å². The second-order valence-electron chi connectivity index (χ2n) is 5.43. The maximum Gasteiger partial charge on any atom is 0.0900 e. The molecule has 0 aliphatic carbocycles. The first-order valence-corrected chi connectivity index (χ1v) is 8.19. The normalized spacial score (nSPS) is 13.4. The SMILES string of the molecule is CCCCN(CC)CC(O)COC(CCC)CCC. The van der Waals surface area contributed by atoms with E-state index in [-0.39, 0.29) is 6.10 Å². The van der Waals surface area contributed by atoms with Gasteiger partial charge in [0.05, 0.1) is 18.8 Å². The second-order valence-corrected chi connectivity index (χ2v) is 5.43. The van der Waals surface area contributed by atoms with Crippen molar-refractivity contribution in [3.05, 3.63) is 0 Å². The standard InChI is InChI=1S/C16H35NO2/c1-5-9-12-17(8-4)13-15(18)14-19-16(10-6-2)11-7-3/h15-16,18H,5-14H2,1-4H3. The highest BCUT2D eigenvalue weighted by Crippen LogP contribution is 2.10. The molecule has 0 rings (SSSR count). The Morgan fingerprint density at radius 3 is 2.11 bits per heavy atom. The fourth-order valence-corrected chi connectivity index (χ4v) is 2.31. The Bertz CT molecular complexity index is 182. The molecule has 3 nitrogen and oxygen atoms in total. The summed E-state index contributed by atoms with van der Waals surface area (Å²) in [5.41, 5.74) is 0. The van der Waals surface area contributed by atoms with Gasteiger partial charge in [-0.05, 0) is 32.4 Å². The van der Waals surface area contributed by atoms with E-state index in [9.17, 15) is 5.11 Å². The fourth-order valence-electron chi connectivity index (χ4n) is 2.31. The molecule has 0 aliphatic rings. The Kier molecular flexibility index (Phi) is 12.8. The second kappa shape index (κ2) is 12.9. The first kappa shape index (κ1) is 18.9. The van der Waals surface area contributed by atoms with Gasteiger partial charge in [0, 0.05) is 6.54 Å². The number of hydrogen-bond acceptors (Lipinski definition) is 3. The smallest absolute Gasteiger partial charge is 0.0900 e. The molecule has 0 aromatic rings. The highest BCUT2D eigenvalue weighted by atomic mass is 16.5. The highest BCUT2D eigenvalue weighted by Gasteiger charge is 2.13. The molecule has 0 spiro atoms. The molecule has 0 fully saturated rings. The molecule has 116 valence electrons. The minimum Gasteiger partial charge on any atom is -0.389 e. The van der Waals surface area contributed by atoms with Crippen molar-refractivity contribution in [3.63, 3.8) is 0 Å². The van der Waals surface area contributed by atoms with E-state index in [1.165, 1.54) is 12.8 Å². The summed E-state index contributed by atoms with van der Waals surface area (Å²) in [5.74, 6) is 0. The van der Waals surface area contributed by atoms with Gasteiger partial charge in [-0.3, -0.25) is 0 Å². The van der Waals surface area contributed by atoms with Crippen molar-refractivity contribution < 1.29 is 9.84 Å². The number of ether oxygens (including phenoxy) is 1. The Hall–Kier alpha value is -0.120. The largest absolute Gasteiger partial charge is 0.389 e. The van der Waals surface area contributed by atoms with Gasteiger partial charge in [0.25, 0.3) is 0 Å². The zero-order valence-electron chi connectivity index (χ0n) is 13.5. The van der Waals surface area contributed by atoms with Crippen LogP contribution in [0.1, 0.15) is 66.2 Å². The lowest BCUT2D eigenvalue weighted by molar-refractivity contribution is -0.0268. The van der Waals surface area contributed by atoms with E-state index in [1.54, 1.807) is 0 Å². The molecule has 0 saturated carbocycles. The van der Waals surface area contributed by atoms with Gasteiger partial charge in [0.2, 0.25) is 0 Å². The zero-order valence-corrected chi connectivity index (χ0v) is 13.5. The first-order chi connectivity index (χ1) is 9.17. The van der Waals surface area contributed by atoms with Gasteiger partial charge in [-0.2, -0.15) is 0 Å². The molecular weight excluding hydrogens is 238 g/mol. The van der Waals surface area contributed by atoms with Crippen LogP contribution in [0, 0.1) is 0 Å². The first-order valence-electron chi connectivity index (χ1n) is 8.19. The number of likely N-dealkylation sites (N-methyl/N-ethyl adjacent to an activating group) is 1. The van der Waals surface area contributed by atoms with Crippen LogP contribution < -0.4 is 0 Å². The van der Waals surface area contributed by atoms with Crippen LogP contribution in [0.2, 0.25) is 0 Å². The van der Waals surface area contributed by atoms with Crippen molar-refractivity contribution in [2.24, 2.45) is 0 Å². The molecule has 0 saturated heterocycles. The monoisotopic (exact) mass is 273 g/mol. The molecule has 0 heterocycles. The van der Waals surface area contributed by atoms with Crippen LogP contribution in [0.3, 0.4) is 0 Å². The van der Waals surface area contributed by atoms with E-state index < -0.39 is 0 Å². The van der Waals surface area contributed by atoms with Crippen molar-refractivity contribution in [3.8, 4) is 0 Å². The summed E-state index contributed by atoms with van der Waals surface area (Å²) in [5, 5.41) is 10.1. The minimum absolute atomic E-state index is 0.329. The maximum absolute atomic E-state index is 10.1. The summed E-state index contributed by atoms with van der Waals surface area (Å²) in [7, 11) is 0. The average molecular weight is 273 g/mol. The molecule has 0 amide bonds. The lowest BCUT2D eigenvalue weighted by Gasteiger charge is -2.25. The third-order valence-corrected chi connectivity index (χ3v) is 3.49. The molecule has 0 aromatic heterocycles. The van der Waals surface area contributed by atoms with Crippen molar-refractivity contribution in [1.29, 1.82) is 0 Å². The summed E-state index contributed by atoms with van der Waals surface area (Å²) in [4.78, 5) is 2.31. The summed E-state index contributed by atoms with van der Waals surface area (Å²) < 4.78 is 5.86. The van der Waals surface area contributed by atoms with Crippen LogP contribution in [0.4, 0.5) is 0 Å².